The fourth-order valence-electron chi connectivity index (χ4n) is 2.26. The molecule has 0 radical (unpaired) electrons. The predicted octanol–water partition coefficient (Wildman–Crippen LogP) is 2.22. The van der Waals surface area contributed by atoms with E-state index in [0.29, 0.717) is 5.92 Å². The van der Waals surface area contributed by atoms with Gasteiger partial charge in [0.05, 0.1) is 12.1 Å². The number of hydrogen-bond donors (Lipinski definition) is 1. The maximum absolute atomic E-state index is 5.92. The summed E-state index contributed by atoms with van der Waals surface area (Å²) in [5, 5.41) is 4.45. The Morgan fingerprint density at radius 2 is 2.24 bits per heavy atom. The summed E-state index contributed by atoms with van der Waals surface area (Å²) >= 11 is 0. The van der Waals surface area contributed by atoms with Crippen LogP contribution >= 0.6 is 0 Å². The maximum atomic E-state index is 5.92. The zero-order valence-electron chi connectivity index (χ0n) is 9.73. The first-order valence-corrected chi connectivity index (χ1v) is 6.11. The van der Waals surface area contributed by atoms with Gasteiger partial charge in [0.2, 0.25) is 0 Å². The van der Waals surface area contributed by atoms with Crippen molar-refractivity contribution < 1.29 is 4.74 Å². The zero-order valence-corrected chi connectivity index (χ0v) is 9.73. The van der Waals surface area contributed by atoms with E-state index in [1.54, 1.807) is 0 Å². The van der Waals surface area contributed by atoms with E-state index in [9.17, 15) is 0 Å². The summed E-state index contributed by atoms with van der Waals surface area (Å²) in [4.78, 5) is 4.33. The first kappa shape index (κ1) is 10.5. The summed E-state index contributed by atoms with van der Waals surface area (Å²) in [6, 6.07) is 10.0. The average molecular weight is 228 g/mol. The van der Waals surface area contributed by atoms with Crippen LogP contribution < -0.4 is 10.1 Å². The topological polar surface area (TPSA) is 34.1 Å². The van der Waals surface area contributed by atoms with Gasteiger partial charge in [-0.2, -0.15) is 0 Å². The van der Waals surface area contributed by atoms with Gasteiger partial charge in [0, 0.05) is 24.0 Å². The van der Waals surface area contributed by atoms with E-state index in [2.05, 4.69) is 16.4 Å². The van der Waals surface area contributed by atoms with Crippen molar-refractivity contribution in [3.8, 4) is 5.75 Å². The van der Waals surface area contributed by atoms with Crippen LogP contribution in [0.4, 0.5) is 0 Å². The van der Waals surface area contributed by atoms with Gasteiger partial charge in [0.1, 0.15) is 5.75 Å². The standard InChI is InChI=1S/C14H16N2O/c1-2-4-13-12(3-1)14(6-8-16-13)17-10-11-5-7-15-9-11/h1-4,6,8,11,15H,5,7,9-10H2. The van der Waals surface area contributed by atoms with Crippen LogP contribution in [-0.2, 0) is 0 Å². The number of rotatable bonds is 3. The first-order chi connectivity index (χ1) is 8.43. The molecule has 0 amide bonds. The molecule has 3 heteroatoms. The van der Waals surface area contributed by atoms with Crippen LogP contribution in [0.1, 0.15) is 6.42 Å². The number of ether oxygens (including phenoxy) is 1. The Labute approximate surface area is 101 Å². The second-order valence-corrected chi connectivity index (χ2v) is 4.50. The average Bonchev–Trinajstić information content (AvgIpc) is 2.89. The molecule has 0 saturated carbocycles. The molecule has 3 nitrogen and oxygen atoms in total. The second-order valence-electron chi connectivity index (χ2n) is 4.50. The fraction of sp³-hybridized carbons (Fsp3) is 0.357. The molecule has 2 heterocycles. The normalized spacial score (nSPS) is 19.6. The molecule has 1 saturated heterocycles. The van der Waals surface area contributed by atoms with Gasteiger partial charge < -0.3 is 10.1 Å². The van der Waals surface area contributed by atoms with E-state index in [-0.39, 0.29) is 0 Å². The molecule has 1 atom stereocenters. The lowest BCUT2D eigenvalue weighted by Crippen LogP contribution is -2.15. The highest BCUT2D eigenvalue weighted by molar-refractivity contribution is 5.84. The van der Waals surface area contributed by atoms with Crippen molar-refractivity contribution in [1.82, 2.24) is 10.3 Å². The lowest BCUT2D eigenvalue weighted by atomic mass is 10.1. The second kappa shape index (κ2) is 4.72. The lowest BCUT2D eigenvalue weighted by Gasteiger charge is -2.12. The van der Waals surface area contributed by atoms with Crippen LogP contribution in [0, 0.1) is 5.92 Å². The van der Waals surface area contributed by atoms with Crippen molar-refractivity contribution in [3.05, 3.63) is 36.5 Å². The molecular formula is C14H16N2O. The number of pyridine rings is 1. The summed E-state index contributed by atoms with van der Waals surface area (Å²) in [7, 11) is 0. The minimum Gasteiger partial charge on any atom is -0.492 e. The van der Waals surface area contributed by atoms with Crippen LogP contribution in [0.15, 0.2) is 36.5 Å². The summed E-state index contributed by atoms with van der Waals surface area (Å²) in [5.74, 6) is 1.59. The fourth-order valence-corrected chi connectivity index (χ4v) is 2.26. The minimum atomic E-state index is 0.641. The van der Waals surface area contributed by atoms with Crippen LogP contribution in [0.25, 0.3) is 10.9 Å². The van der Waals surface area contributed by atoms with Crippen molar-refractivity contribution >= 4 is 10.9 Å². The smallest absolute Gasteiger partial charge is 0.130 e. The molecule has 0 bridgehead atoms. The predicted molar refractivity (Wildman–Crippen MR) is 68.2 cm³/mol. The van der Waals surface area contributed by atoms with Gasteiger partial charge in [0.15, 0.2) is 0 Å². The molecule has 88 valence electrons. The molecule has 1 N–H and O–H groups in total. The first-order valence-electron chi connectivity index (χ1n) is 6.11. The quantitative estimate of drug-likeness (QED) is 0.874. The number of para-hydroxylation sites is 1. The minimum absolute atomic E-state index is 0.641. The highest BCUT2D eigenvalue weighted by Gasteiger charge is 2.15. The molecule has 1 aromatic heterocycles. The Bertz CT molecular complexity index is 501. The van der Waals surface area contributed by atoms with E-state index in [1.165, 1.54) is 6.42 Å². The number of fused-ring (bicyclic) bond motifs is 1. The lowest BCUT2D eigenvalue weighted by molar-refractivity contribution is 0.263. The van der Waals surface area contributed by atoms with E-state index >= 15 is 0 Å². The van der Waals surface area contributed by atoms with Gasteiger partial charge in [-0.15, -0.1) is 0 Å². The summed E-state index contributed by atoms with van der Waals surface area (Å²) < 4.78 is 5.92. The van der Waals surface area contributed by atoms with Gasteiger partial charge >= 0.3 is 0 Å². The van der Waals surface area contributed by atoms with E-state index in [1.807, 2.05) is 30.5 Å². The van der Waals surface area contributed by atoms with E-state index in [0.717, 1.165) is 36.3 Å². The van der Waals surface area contributed by atoms with Gasteiger partial charge in [0.25, 0.3) is 0 Å². The number of benzene rings is 1. The largest absolute Gasteiger partial charge is 0.492 e. The van der Waals surface area contributed by atoms with Gasteiger partial charge in [-0.25, -0.2) is 0 Å². The van der Waals surface area contributed by atoms with Crippen LogP contribution in [0.5, 0.6) is 5.75 Å². The molecule has 1 aliphatic rings. The molecule has 0 aliphatic carbocycles. The van der Waals surface area contributed by atoms with Crippen molar-refractivity contribution in [1.29, 1.82) is 0 Å². The zero-order chi connectivity index (χ0) is 11.5. The number of hydrogen-bond acceptors (Lipinski definition) is 3. The molecule has 3 rings (SSSR count). The molecule has 0 spiro atoms. The third-order valence-corrected chi connectivity index (χ3v) is 3.25. The Balaban J connectivity index is 1.79. The van der Waals surface area contributed by atoms with Crippen LogP contribution in [-0.4, -0.2) is 24.7 Å². The van der Waals surface area contributed by atoms with E-state index in [4.69, 9.17) is 4.74 Å². The van der Waals surface area contributed by atoms with E-state index < -0.39 is 0 Å². The van der Waals surface area contributed by atoms with Gasteiger partial charge in [-0.3, -0.25) is 4.98 Å². The molecule has 17 heavy (non-hydrogen) atoms. The Kier molecular flexibility index (Phi) is 2.92. The number of nitrogens with zero attached hydrogens (tertiary/aromatic N) is 1. The summed E-state index contributed by atoms with van der Waals surface area (Å²) in [6.45, 7) is 2.98. The van der Waals surface area contributed by atoms with Crippen molar-refractivity contribution in [2.75, 3.05) is 19.7 Å². The van der Waals surface area contributed by atoms with Crippen LogP contribution in [0.2, 0.25) is 0 Å². The summed E-state index contributed by atoms with van der Waals surface area (Å²) in [5.41, 5.74) is 0.995. The molecule has 1 fully saturated rings. The third kappa shape index (κ3) is 2.24. The van der Waals surface area contributed by atoms with Crippen molar-refractivity contribution in [2.45, 2.75) is 6.42 Å². The maximum Gasteiger partial charge on any atom is 0.130 e. The highest BCUT2D eigenvalue weighted by Crippen LogP contribution is 2.24. The third-order valence-electron chi connectivity index (χ3n) is 3.25. The monoisotopic (exact) mass is 228 g/mol. The molecule has 1 unspecified atom stereocenters. The SMILES string of the molecule is c1ccc2c(OCC3CCNC3)ccnc2c1. The molecule has 1 aliphatic heterocycles. The molecular weight excluding hydrogens is 212 g/mol. The van der Waals surface area contributed by atoms with Crippen molar-refractivity contribution in [3.63, 3.8) is 0 Å². The molecule has 1 aromatic carbocycles. The highest BCUT2D eigenvalue weighted by atomic mass is 16.5. The molecule has 2 aromatic rings. The van der Waals surface area contributed by atoms with Crippen LogP contribution in [0.3, 0.4) is 0 Å². The van der Waals surface area contributed by atoms with Crippen molar-refractivity contribution in [2.24, 2.45) is 5.92 Å². The number of aromatic nitrogens is 1. The Hall–Kier alpha value is -1.61. The summed E-state index contributed by atoms with van der Waals surface area (Å²) in [6.07, 6.45) is 3.02. The number of nitrogens with one attached hydrogen (secondary N) is 1. The Morgan fingerprint density at radius 3 is 3.12 bits per heavy atom. The van der Waals surface area contributed by atoms with Gasteiger partial charge in [-0.1, -0.05) is 12.1 Å². The van der Waals surface area contributed by atoms with Gasteiger partial charge in [-0.05, 0) is 31.2 Å². The Morgan fingerprint density at radius 1 is 1.29 bits per heavy atom.